The Hall–Kier alpha value is -2.45. The zero-order valence-electron chi connectivity index (χ0n) is 13.1. The van der Waals surface area contributed by atoms with Crippen LogP contribution in [0.5, 0.6) is 0 Å². The first kappa shape index (κ1) is 17.9. The van der Waals surface area contributed by atoms with Gasteiger partial charge in [-0.15, -0.1) is 4.68 Å². The summed E-state index contributed by atoms with van der Waals surface area (Å²) in [6.07, 6.45) is 0.391. The van der Waals surface area contributed by atoms with Crippen LogP contribution in [0.25, 0.3) is 0 Å². The molecule has 9 heteroatoms. The highest BCUT2D eigenvalue weighted by atomic mass is 35.5. The van der Waals surface area contributed by atoms with Gasteiger partial charge in [0.2, 0.25) is 0 Å². The second-order valence-electron chi connectivity index (χ2n) is 5.16. The molecule has 0 bridgehead atoms. The van der Waals surface area contributed by atoms with Crippen LogP contribution in [-0.4, -0.2) is 33.0 Å². The molecular formula is C15H17ClN4O4. The number of hydrogen-bond donors (Lipinski definition) is 1. The maximum Gasteiger partial charge on any atom is 0.409 e. The molecule has 0 aliphatic heterocycles. The molecule has 0 saturated carbocycles. The van der Waals surface area contributed by atoms with Gasteiger partial charge in [0, 0.05) is 19.7 Å². The Kier molecular flexibility index (Phi) is 5.88. The molecule has 2 aromatic rings. The lowest BCUT2D eigenvalue weighted by molar-refractivity contribution is -0.390. The van der Waals surface area contributed by atoms with Crippen LogP contribution < -0.4 is 10.5 Å². The van der Waals surface area contributed by atoms with Gasteiger partial charge < -0.3 is 20.1 Å². The van der Waals surface area contributed by atoms with E-state index in [0.29, 0.717) is 19.5 Å². The van der Waals surface area contributed by atoms with Crippen molar-refractivity contribution in [2.45, 2.75) is 13.0 Å². The zero-order chi connectivity index (χ0) is 17.7. The fourth-order valence-electron chi connectivity index (χ4n) is 2.31. The van der Waals surface area contributed by atoms with Gasteiger partial charge in [-0.1, -0.05) is 41.9 Å². The van der Waals surface area contributed by atoms with Crippen LogP contribution in [0.2, 0.25) is 5.02 Å². The molecular weight excluding hydrogens is 336 g/mol. The number of benzene rings is 1. The fourth-order valence-corrected chi connectivity index (χ4v) is 2.62. The van der Waals surface area contributed by atoms with Gasteiger partial charge in [0.25, 0.3) is 0 Å². The standard InChI is InChI=1S/C15H17ClN4O4/c1-18-15(22)13(12(16)14(17-18)20(23)24)19(8-5-9-21)10-11-6-3-2-4-7-11/h2-4,6-7,21H,5,8-10H2,1H3. The van der Waals surface area contributed by atoms with Crippen LogP contribution in [0.1, 0.15) is 12.0 Å². The predicted octanol–water partition coefficient (Wildman–Crippen LogP) is 1.73. The first-order valence-corrected chi connectivity index (χ1v) is 7.64. The van der Waals surface area contributed by atoms with Crippen molar-refractivity contribution in [3.8, 4) is 0 Å². The van der Waals surface area contributed by atoms with E-state index in [4.69, 9.17) is 16.7 Å². The third-order valence-electron chi connectivity index (χ3n) is 3.44. The summed E-state index contributed by atoms with van der Waals surface area (Å²) >= 11 is 6.10. The van der Waals surface area contributed by atoms with Crippen LogP contribution in [-0.2, 0) is 13.6 Å². The minimum atomic E-state index is -0.724. The van der Waals surface area contributed by atoms with Crippen LogP contribution in [0.15, 0.2) is 35.1 Å². The second-order valence-corrected chi connectivity index (χ2v) is 5.53. The minimum absolute atomic E-state index is 0.0122. The molecule has 1 aromatic heterocycles. The lowest BCUT2D eigenvalue weighted by Gasteiger charge is -2.24. The van der Waals surface area contributed by atoms with Crippen molar-refractivity contribution >= 4 is 23.1 Å². The summed E-state index contributed by atoms with van der Waals surface area (Å²) in [5.74, 6) is -0.573. The minimum Gasteiger partial charge on any atom is -0.396 e. The van der Waals surface area contributed by atoms with E-state index in [0.717, 1.165) is 10.2 Å². The largest absolute Gasteiger partial charge is 0.409 e. The molecule has 8 nitrogen and oxygen atoms in total. The van der Waals surface area contributed by atoms with Crippen molar-refractivity contribution in [3.63, 3.8) is 0 Å². The number of aromatic nitrogens is 2. The molecule has 1 aromatic carbocycles. The van der Waals surface area contributed by atoms with Crippen molar-refractivity contribution in [2.75, 3.05) is 18.1 Å². The maximum absolute atomic E-state index is 12.4. The molecule has 2 rings (SSSR count). The van der Waals surface area contributed by atoms with Gasteiger partial charge in [-0.2, -0.15) is 0 Å². The van der Waals surface area contributed by atoms with Gasteiger partial charge in [-0.05, 0) is 16.9 Å². The highest BCUT2D eigenvalue weighted by Crippen LogP contribution is 2.30. The number of rotatable bonds is 7. The third kappa shape index (κ3) is 3.90. The van der Waals surface area contributed by atoms with Gasteiger partial charge in [0.15, 0.2) is 5.02 Å². The van der Waals surface area contributed by atoms with E-state index in [9.17, 15) is 14.9 Å². The Morgan fingerprint density at radius 3 is 2.62 bits per heavy atom. The average Bonchev–Trinajstić information content (AvgIpc) is 2.56. The van der Waals surface area contributed by atoms with Crippen molar-refractivity contribution in [2.24, 2.45) is 7.05 Å². The average molecular weight is 353 g/mol. The van der Waals surface area contributed by atoms with Crippen molar-refractivity contribution in [3.05, 3.63) is 61.4 Å². The normalized spacial score (nSPS) is 10.6. The van der Waals surface area contributed by atoms with E-state index in [1.807, 2.05) is 30.3 Å². The zero-order valence-corrected chi connectivity index (χ0v) is 13.8. The van der Waals surface area contributed by atoms with Gasteiger partial charge in [0.1, 0.15) is 5.69 Å². The van der Waals surface area contributed by atoms with Crippen molar-refractivity contribution < 1.29 is 10.0 Å². The predicted molar refractivity (Wildman–Crippen MR) is 90.3 cm³/mol. The van der Waals surface area contributed by atoms with Gasteiger partial charge >= 0.3 is 11.4 Å². The number of aliphatic hydroxyl groups is 1. The number of nitrogens with zero attached hydrogens (tertiary/aromatic N) is 4. The molecule has 128 valence electrons. The lowest BCUT2D eigenvalue weighted by atomic mass is 10.2. The molecule has 24 heavy (non-hydrogen) atoms. The first-order valence-electron chi connectivity index (χ1n) is 7.26. The van der Waals surface area contributed by atoms with E-state index in [2.05, 4.69) is 5.10 Å². The van der Waals surface area contributed by atoms with Crippen LogP contribution in [0.3, 0.4) is 0 Å². The number of anilines is 1. The summed E-state index contributed by atoms with van der Waals surface area (Å²) in [4.78, 5) is 24.5. The summed E-state index contributed by atoms with van der Waals surface area (Å²) < 4.78 is 0.899. The summed E-state index contributed by atoms with van der Waals surface area (Å²) in [6.45, 7) is 0.578. The highest BCUT2D eigenvalue weighted by molar-refractivity contribution is 6.35. The molecule has 0 aliphatic rings. The Labute approximate surface area is 143 Å². The smallest absolute Gasteiger partial charge is 0.396 e. The molecule has 1 N–H and O–H groups in total. The van der Waals surface area contributed by atoms with Crippen molar-refractivity contribution in [1.82, 2.24) is 9.78 Å². The van der Waals surface area contributed by atoms with E-state index in [-0.39, 0.29) is 17.3 Å². The number of aliphatic hydroxyl groups excluding tert-OH is 1. The molecule has 0 atom stereocenters. The van der Waals surface area contributed by atoms with Crippen LogP contribution >= 0.6 is 11.6 Å². The Morgan fingerprint density at radius 2 is 2.04 bits per heavy atom. The monoisotopic (exact) mass is 352 g/mol. The number of halogens is 1. The SMILES string of the molecule is Cn1nc([N+](=O)[O-])c(Cl)c(N(CCCO)Cc2ccccc2)c1=O. The maximum atomic E-state index is 12.4. The van der Waals surface area contributed by atoms with Gasteiger partial charge in [-0.25, -0.2) is 0 Å². The molecule has 0 amide bonds. The molecule has 0 spiro atoms. The fraction of sp³-hybridized carbons (Fsp3) is 0.333. The Balaban J connectivity index is 2.52. The summed E-state index contributed by atoms with van der Waals surface area (Å²) in [5, 5.41) is 23.5. The molecule has 0 fully saturated rings. The molecule has 0 saturated heterocycles. The number of aryl methyl sites for hydroxylation is 1. The van der Waals surface area contributed by atoms with E-state index in [1.165, 1.54) is 7.05 Å². The quantitative estimate of drug-likeness (QED) is 0.601. The Morgan fingerprint density at radius 1 is 1.38 bits per heavy atom. The topological polar surface area (TPSA) is 102 Å². The molecule has 1 heterocycles. The summed E-state index contributed by atoms with van der Waals surface area (Å²) in [6, 6.07) is 9.33. The van der Waals surface area contributed by atoms with Gasteiger partial charge in [0.05, 0.1) is 12.1 Å². The molecule has 0 unspecified atom stereocenters. The summed E-state index contributed by atoms with van der Waals surface area (Å²) in [5.41, 5.74) is 0.394. The first-order chi connectivity index (χ1) is 11.5. The van der Waals surface area contributed by atoms with Crippen LogP contribution in [0, 0.1) is 10.1 Å². The second kappa shape index (κ2) is 7.89. The van der Waals surface area contributed by atoms with E-state index in [1.54, 1.807) is 4.90 Å². The van der Waals surface area contributed by atoms with Crippen LogP contribution in [0.4, 0.5) is 11.5 Å². The lowest BCUT2D eigenvalue weighted by Crippen LogP contribution is -2.34. The summed E-state index contributed by atoms with van der Waals surface area (Å²) in [7, 11) is 1.34. The number of hydrogen-bond acceptors (Lipinski definition) is 6. The van der Waals surface area contributed by atoms with E-state index < -0.39 is 16.3 Å². The molecule has 0 aliphatic carbocycles. The number of nitro groups is 1. The third-order valence-corrected chi connectivity index (χ3v) is 3.79. The Bertz CT molecular complexity index is 779. The van der Waals surface area contributed by atoms with E-state index >= 15 is 0 Å². The van der Waals surface area contributed by atoms with Gasteiger partial charge in [-0.3, -0.25) is 4.79 Å². The van der Waals surface area contributed by atoms with Crippen molar-refractivity contribution in [1.29, 1.82) is 0 Å². The highest BCUT2D eigenvalue weighted by Gasteiger charge is 2.27. The molecule has 0 radical (unpaired) electrons.